The number of nitrogens with zero attached hydrogens (tertiary/aromatic N) is 2. The highest BCUT2D eigenvalue weighted by Gasteiger charge is 2.47. The molecule has 0 spiro atoms. The molecule has 2 heterocycles. The molecule has 2 saturated heterocycles. The third-order valence-corrected chi connectivity index (χ3v) is 13.7. The van der Waals surface area contributed by atoms with Crippen molar-refractivity contribution in [1.82, 2.24) is 52.3 Å². The molecule has 0 bridgehead atoms. The van der Waals surface area contributed by atoms with E-state index >= 15 is 0 Å². The van der Waals surface area contributed by atoms with E-state index in [1.165, 1.54) is 60.4 Å². The van der Waals surface area contributed by atoms with Gasteiger partial charge in [-0.3, -0.25) is 38.4 Å². The Morgan fingerprint density at radius 1 is 0.592 bits per heavy atom. The number of amides is 8. The Morgan fingerprint density at radius 2 is 0.961 bits per heavy atom. The summed E-state index contributed by atoms with van der Waals surface area (Å²) in [6, 6.07) is 8.16. The number of benzene rings is 3. The van der Waals surface area contributed by atoms with Crippen molar-refractivity contribution in [2.75, 3.05) is 41.4 Å². The van der Waals surface area contributed by atoms with Gasteiger partial charge in [-0.15, -0.1) is 0 Å². The number of nitrogens with one attached hydrogen (secondary N) is 8. The lowest BCUT2D eigenvalue weighted by molar-refractivity contribution is -0.144. The molecule has 22 heteroatoms. The zero-order valence-corrected chi connectivity index (χ0v) is 45.5. The Hall–Kier alpha value is -7.46. The van der Waals surface area contributed by atoms with Crippen molar-refractivity contribution in [1.29, 1.82) is 0 Å². The second kappa shape index (κ2) is 25.4. The molecule has 2 fully saturated rings. The molecule has 8 amide bonds. The van der Waals surface area contributed by atoms with Crippen molar-refractivity contribution in [3.63, 3.8) is 0 Å². The SMILES string of the molecule is CN[C@@H](C)C(=O)N[C@H](C(=O)N1C[C@@H](NC(=O)c2cccc(C(=O)N[C@H]3C[C@@H](C(=O)NCc4ccc(OC)c(O)c4)N(C(=O)[C@@H](NC(=O)[C@H](C)NC)C(C)(C)C)C3)c2)C[C@H]1C(=O)NCc1ccc(OC)c(O)c1)C(C)(C)C. The van der Waals surface area contributed by atoms with E-state index in [1.54, 1.807) is 93.8 Å². The van der Waals surface area contributed by atoms with E-state index in [4.69, 9.17) is 9.47 Å². The summed E-state index contributed by atoms with van der Waals surface area (Å²) in [6.45, 7) is 13.8. The first-order valence-electron chi connectivity index (χ1n) is 25.3. The van der Waals surface area contributed by atoms with Gasteiger partial charge in [-0.2, -0.15) is 0 Å². The van der Waals surface area contributed by atoms with Crippen LogP contribution in [0.15, 0.2) is 60.7 Å². The van der Waals surface area contributed by atoms with Gasteiger partial charge in [-0.25, -0.2) is 0 Å². The highest BCUT2D eigenvalue weighted by Crippen LogP contribution is 2.31. The van der Waals surface area contributed by atoms with Crippen LogP contribution in [0.1, 0.15) is 100 Å². The average molecular weight is 1060 g/mol. The third kappa shape index (κ3) is 14.9. The summed E-state index contributed by atoms with van der Waals surface area (Å²) < 4.78 is 10.3. The number of aromatic hydroxyl groups is 2. The van der Waals surface area contributed by atoms with Gasteiger partial charge in [0.05, 0.1) is 26.3 Å². The van der Waals surface area contributed by atoms with E-state index in [9.17, 15) is 48.6 Å². The second-order valence-corrected chi connectivity index (χ2v) is 21.5. The van der Waals surface area contributed by atoms with E-state index in [2.05, 4.69) is 42.5 Å². The quantitative estimate of drug-likeness (QED) is 0.0767. The summed E-state index contributed by atoms with van der Waals surface area (Å²) in [6.07, 6.45) is -0.00484. The minimum atomic E-state index is -1.09. The van der Waals surface area contributed by atoms with E-state index < -0.39 is 106 Å². The van der Waals surface area contributed by atoms with Crippen LogP contribution in [0.2, 0.25) is 0 Å². The molecule has 10 N–H and O–H groups in total. The predicted molar refractivity (Wildman–Crippen MR) is 282 cm³/mol. The maximum absolute atomic E-state index is 14.5. The average Bonchev–Trinajstić information content (AvgIpc) is 4.01. The molecule has 2 aliphatic heterocycles. The molecule has 3 aromatic rings. The Labute approximate surface area is 444 Å². The lowest BCUT2D eigenvalue weighted by Gasteiger charge is -2.36. The first-order chi connectivity index (χ1) is 35.7. The molecule has 5 rings (SSSR count). The summed E-state index contributed by atoms with van der Waals surface area (Å²) in [5, 5.41) is 43.6. The van der Waals surface area contributed by atoms with Gasteiger partial charge in [0.15, 0.2) is 23.0 Å². The minimum Gasteiger partial charge on any atom is -0.504 e. The monoisotopic (exact) mass is 1060 g/mol. The second-order valence-electron chi connectivity index (χ2n) is 21.5. The lowest BCUT2D eigenvalue weighted by Crippen LogP contribution is -2.59. The largest absolute Gasteiger partial charge is 0.504 e. The van der Waals surface area contributed by atoms with Gasteiger partial charge in [0, 0.05) is 49.4 Å². The molecule has 22 nitrogen and oxygen atoms in total. The number of likely N-dealkylation sites (N-methyl/N-ethyl adjacent to an activating group) is 2. The molecule has 8 atom stereocenters. The highest BCUT2D eigenvalue weighted by atomic mass is 16.5. The Morgan fingerprint density at radius 3 is 1.28 bits per heavy atom. The van der Waals surface area contributed by atoms with E-state index in [-0.39, 0.29) is 73.1 Å². The number of hydrogen-bond donors (Lipinski definition) is 10. The Balaban J connectivity index is 1.35. The summed E-state index contributed by atoms with van der Waals surface area (Å²) in [4.78, 5) is 114. The van der Waals surface area contributed by atoms with Crippen LogP contribution in [0.25, 0.3) is 0 Å². The number of carbonyl (C=O) groups excluding carboxylic acids is 8. The first kappa shape index (κ1) is 59.4. The van der Waals surface area contributed by atoms with Gasteiger partial charge in [0.2, 0.25) is 35.4 Å². The van der Waals surface area contributed by atoms with Crippen LogP contribution >= 0.6 is 0 Å². The van der Waals surface area contributed by atoms with Crippen molar-refractivity contribution in [3.05, 3.63) is 82.9 Å². The number of phenols is 2. The highest BCUT2D eigenvalue weighted by molar-refractivity contribution is 6.01. The van der Waals surface area contributed by atoms with Gasteiger partial charge in [0.25, 0.3) is 11.8 Å². The Kier molecular flexibility index (Phi) is 19.8. The van der Waals surface area contributed by atoms with Gasteiger partial charge < -0.3 is 72.0 Å². The zero-order chi connectivity index (χ0) is 56.4. The summed E-state index contributed by atoms with van der Waals surface area (Å²) in [5.41, 5.74) is -0.319. The topological polar surface area (TPSA) is 298 Å². The maximum atomic E-state index is 14.5. The smallest absolute Gasteiger partial charge is 0.251 e. The molecule has 3 aromatic carbocycles. The van der Waals surface area contributed by atoms with Gasteiger partial charge in [-0.1, -0.05) is 59.7 Å². The van der Waals surface area contributed by atoms with Crippen LogP contribution in [0.4, 0.5) is 0 Å². The fourth-order valence-corrected chi connectivity index (χ4v) is 8.94. The standard InChI is InChI=1S/C54H76N10O12/c1-29(55-9)45(67)61-43(53(3,4)5)51(73)63-27-35(23-37(63)49(71)57-25-31-16-18-41(75-11)39(65)20-31)59-47(69)33-14-13-15-34(22-33)48(70)60-36-24-38(50(72)58-26-32-17-19-42(76-12)40(66)21-32)64(28-36)52(74)44(54(6,7)8)62-46(68)30(2)56-10/h13-22,29-30,35-38,43-44,55-56,65-66H,23-28H2,1-12H3,(H,57,71)(H,58,72)(H,59,69)(H,60,70)(H,61,67)(H,62,68)/t29-,30-,35-,36-,37-,38-,43+,44+/m0/s1. The van der Waals surface area contributed by atoms with Gasteiger partial charge >= 0.3 is 0 Å². The summed E-state index contributed by atoms with van der Waals surface area (Å²) in [5.74, 6) is -3.95. The zero-order valence-electron chi connectivity index (χ0n) is 45.5. The lowest BCUT2D eigenvalue weighted by atomic mass is 9.85. The normalized spacial score (nSPS) is 19.1. The predicted octanol–water partition coefficient (Wildman–Crippen LogP) is 1.42. The van der Waals surface area contributed by atoms with Crippen molar-refractivity contribution in [2.24, 2.45) is 10.8 Å². The molecular formula is C54H76N10O12. The number of carbonyl (C=O) groups is 8. The third-order valence-electron chi connectivity index (χ3n) is 13.7. The van der Waals surface area contributed by atoms with Crippen molar-refractivity contribution in [2.45, 2.75) is 130 Å². The van der Waals surface area contributed by atoms with Crippen LogP contribution in [0.3, 0.4) is 0 Å². The molecular weight excluding hydrogens is 981 g/mol. The van der Waals surface area contributed by atoms with Crippen LogP contribution < -0.4 is 52.0 Å². The van der Waals surface area contributed by atoms with Crippen molar-refractivity contribution < 1.29 is 58.0 Å². The number of phenolic OH excluding ortho intramolecular Hbond substituents is 2. The number of rotatable bonds is 20. The number of likely N-dealkylation sites (tertiary alicyclic amines) is 2. The van der Waals surface area contributed by atoms with Crippen LogP contribution in [-0.2, 0) is 41.9 Å². The van der Waals surface area contributed by atoms with Gasteiger partial charge in [-0.05, 0) is 105 Å². The minimum absolute atomic E-state index is 0.00242. The fourth-order valence-electron chi connectivity index (χ4n) is 8.94. The molecule has 2 aliphatic rings. The van der Waals surface area contributed by atoms with Crippen molar-refractivity contribution >= 4 is 47.3 Å². The maximum Gasteiger partial charge on any atom is 0.251 e. The number of methoxy groups -OCH3 is 2. The number of ether oxygens (including phenoxy) is 2. The molecule has 0 radical (unpaired) electrons. The Bertz CT molecular complexity index is 2460. The first-order valence-corrected chi connectivity index (χ1v) is 25.3. The van der Waals surface area contributed by atoms with Crippen LogP contribution in [0, 0.1) is 10.8 Å². The molecule has 76 heavy (non-hydrogen) atoms. The fraction of sp³-hybridized carbons (Fsp3) is 0.519. The van der Waals surface area contributed by atoms with Gasteiger partial charge in [0.1, 0.15) is 24.2 Å². The molecule has 0 aromatic heterocycles. The van der Waals surface area contributed by atoms with E-state index in [0.717, 1.165) is 0 Å². The number of hydrogen-bond acceptors (Lipinski definition) is 14. The summed E-state index contributed by atoms with van der Waals surface area (Å²) in [7, 11) is 6.05. The molecule has 0 aliphatic carbocycles. The summed E-state index contributed by atoms with van der Waals surface area (Å²) >= 11 is 0. The molecule has 414 valence electrons. The van der Waals surface area contributed by atoms with Crippen LogP contribution in [0.5, 0.6) is 23.0 Å². The molecule has 0 unspecified atom stereocenters. The van der Waals surface area contributed by atoms with Crippen LogP contribution in [-0.4, -0.2) is 157 Å². The molecule has 0 saturated carbocycles. The van der Waals surface area contributed by atoms with E-state index in [0.29, 0.717) is 11.1 Å². The van der Waals surface area contributed by atoms with E-state index in [1.807, 2.05) is 0 Å². The van der Waals surface area contributed by atoms with Crippen molar-refractivity contribution in [3.8, 4) is 23.0 Å².